The van der Waals surface area contributed by atoms with E-state index in [1.165, 1.54) is 23.3 Å². The molecule has 28 heavy (non-hydrogen) atoms. The second kappa shape index (κ2) is 9.00. The van der Waals surface area contributed by atoms with E-state index in [4.69, 9.17) is 17.0 Å². The molecule has 0 aliphatic carbocycles. The fourth-order valence-corrected chi connectivity index (χ4v) is 4.33. The summed E-state index contributed by atoms with van der Waals surface area (Å²) in [5.74, 6) is -1.06. The first kappa shape index (κ1) is 20.1. The molecular weight excluding hydrogens is 418 g/mol. The third-order valence-electron chi connectivity index (χ3n) is 3.66. The van der Waals surface area contributed by atoms with Gasteiger partial charge < -0.3 is 4.74 Å². The molecule has 144 valence electrons. The number of thiophene rings is 1. The molecule has 2 N–H and O–H groups in total. The highest BCUT2D eigenvalue weighted by molar-refractivity contribution is 8.26. The van der Waals surface area contributed by atoms with Crippen LogP contribution in [0.1, 0.15) is 15.2 Å². The Morgan fingerprint density at radius 3 is 2.71 bits per heavy atom. The number of nitrogens with zero attached hydrogens (tertiary/aromatic N) is 1. The van der Waals surface area contributed by atoms with Crippen molar-refractivity contribution < 1.29 is 19.1 Å². The summed E-state index contributed by atoms with van der Waals surface area (Å²) in [4.78, 5) is 39.4. The first-order valence-corrected chi connectivity index (χ1v) is 10.1. The van der Waals surface area contributed by atoms with Crippen LogP contribution in [0.4, 0.5) is 0 Å². The predicted octanol–water partition coefficient (Wildman–Crippen LogP) is 2.42. The van der Waals surface area contributed by atoms with E-state index in [1.54, 1.807) is 30.3 Å². The van der Waals surface area contributed by atoms with Gasteiger partial charge >= 0.3 is 0 Å². The summed E-state index contributed by atoms with van der Waals surface area (Å²) in [6.07, 6.45) is 1.74. The summed E-state index contributed by atoms with van der Waals surface area (Å²) in [7, 11) is 1.45. The lowest BCUT2D eigenvalue weighted by atomic mass is 10.2. The summed E-state index contributed by atoms with van der Waals surface area (Å²) in [5.41, 5.74) is 4.86. The van der Waals surface area contributed by atoms with Gasteiger partial charge in [0.2, 0.25) is 0 Å². The average molecular weight is 434 g/mol. The van der Waals surface area contributed by atoms with Gasteiger partial charge in [0.15, 0.2) is 0 Å². The second-order valence-corrected chi connectivity index (χ2v) is 8.14. The monoisotopic (exact) mass is 433 g/mol. The Morgan fingerprint density at radius 2 is 2.00 bits per heavy atom. The average Bonchev–Trinajstić information content (AvgIpc) is 3.30. The number of carbonyl (C=O) groups is 3. The number of hydrazine groups is 1. The highest BCUT2D eigenvalue weighted by atomic mass is 32.2. The van der Waals surface area contributed by atoms with E-state index in [0.717, 1.165) is 16.6 Å². The molecule has 3 rings (SSSR count). The first-order valence-electron chi connectivity index (χ1n) is 8.00. The Kier molecular flexibility index (Phi) is 6.45. The number of hydrogen-bond donors (Lipinski definition) is 2. The number of benzene rings is 1. The van der Waals surface area contributed by atoms with Crippen molar-refractivity contribution in [1.29, 1.82) is 0 Å². The molecule has 1 aromatic carbocycles. The van der Waals surface area contributed by atoms with Gasteiger partial charge in [-0.2, -0.15) is 0 Å². The zero-order valence-corrected chi connectivity index (χ0v) is 17.1. The number of para-hydroxylation sites is 1. The molecule has 2 aromatic rings. The molecule has 0 spiro atoms. The molecule has 0 radical (unpaired) electrons. The molecule has 2 heterocycles. The molecule has 0 atom stereocenters. The van der Waals surface area contributed by atoms with Gasteiger partial charge in [0.25, 0.3) is 17.7 Å². The molecule has 1 aliphatic heterocycles. The maximum Gasteiger partial charge on any atom is 0.273 e. The number of rotatable bonds is 5. The summed E-state index contributed by atoms with van der Waals surface area (Å²) in [5, 5.41) is 1.91. The third-order valence-corrected chi connectivity index (χ3v) is 5.86. The number of thiocarbonyl (C=S) groups is 1. The third kappa shape index (κ3) is 4.58. The molecule has 0 saturated carbocycles. The largest absolute Gasteiger partial charge is 0.496 e. The second-order valence-electron chi connectivity index (χ2n) is 5.49. The molecule has 3 amide bonds. The van der Waals surface area contributed by atoms with Crippen molar-refractivity contribution in [3.8, 4) is 5.75 Å². The van der Waals surface area contributed by atoms with Crippen LogP contribution >= 0.6 is 35.3 Å². The minimum Gasteiger partial charge on any atom is -0.496 e. The van der Waals surface area contributed by atoms with Crippen molar-refractivity contribution in [2.24, 2.45) is 0 Å². The van der Waals surface area contributed by atoms with Crippen LogP contribution in [0.2, 0.25) is 0 Å². The van der Waals surface area contributed by atoms with Gasteiger partial charge in [-0.1, -0.05) is 42.2 Å². The minimum absolute atomic E-state index is 0.273. The van der Waals surface area contributed by atoms with Crippen LogP contribution in [-0.2, 0) is 9.59 Å². The van der Waals surface area contributed by atoms with Gasteiger partial charge in [0, 0.05) is 4.88 Å². The van der Waals surface area contributed by atoms with E-state index in [0.29, 0.717) is 15.0 Å². The van der Waals surface area contributed by atoms with Crippen molar-refractivity contribution in [3.63, 3.8) is 0 Å². The Morgan fingerprint density at radius 1 is 1.21 bits per heavy atom. The fourth-order valence-electron chi connectivity index (χ4n) is 2.35. The van der Waals surface area contributed by atoms with Gasteiger partial charge in [0.1, 0.15) is 16.6 Å². The van der Waals surface area contributed by atoms with Crippen LogP contribution in [0.3, 0.4) is 0 Å². The Hall–Kier alpha value is -2.69. The summed E-state index contributed by atoms with van der Waals surface area (Å²) >= 11 is 7.84. The van der Waals surface area contributed by atoms with Crippen molar-refractivity contribution in [1.82, 2.24) is 15.8 Å². The lowest BCUT2D eigenvalue weighted by molar-refractivity contribution is -0.129. The molecule has 1 saturated heterocycles. The van der Waals surface area contributed by atoms with Gasteiger partial charge in [0.05, 0.1) is 17.6 Å². The highest BCUT2D eigenvalue weighted by Gasteiger charge is 2.33. The number of thioether (sulfide) groups is 1. The minimum atomic E-state index is -0.572. The smallest absolute Gasteiger partial charge is 0.273 e. The lowest BCUT2D eigenvalue weighted by Crippen LogP contribution is -2.47. The maximum atomic E-state index is 12.5. The van der Waals surface area contributed by atoms with E-state index in [9.17, 15) is 14.4 Å². The number of amides is 3. The van der Waals surface area contributed by atoms with E-state index in [1.807, 2.05) is 17.5 Å². The van der Waals surface area contributed by atoms with Crippen molar-refractivity contribution in [2.45, 2.75) is 0 Å². The molecule has 10 heteroatoms. The SMILES string of the molecule is COc1ccccc1C(=O)NNC(=O)CN1C(=O)C(=Cc2cccs2)SC1=S. The van der Waals surface area contributed by atoms with Gasteiger partial charge in [-0.3, -0.25) is 30.1 Å². The van der Waals surface area contributed by atoms with Crippen LogP contribution in [0.25, 0.3) is 6.08 Å². The van der Waals surface area contributed by atoms with Crippen molar-refractivity contribution in [3.05, 3.63) is 57.1 Å². The standard InChI is InChI=1S/C18H15N3O4S3/c1-25-13-7-3-2-6-12(13)16(23)20-19-15(22)10-21-17(24)14(28-18(21)26)9-11-5-4-8-27-11/h2-9H,10H2,1H3,(H,19,22)(H,20,23). The lowest BCUT2D eigenvalue weighted by Gasteiger charge is -2.15. The predicted molar refractivity (Wildman–Crippen MR) is 113 cm³/mol. The maximum absolute atomic E-state index is 12.5. The highest BCUT2D eigenvalue weighted by Crippen LogP contribution is 2.32. The number of methoxy groups -OCH3 is 1. The zero-order valence-electron chi connectivity index (χ0n) is 14.6. The summed E-state index contributed by atoms with van der Waals surface area (Å²) in [6.45, 7) is -0.293. The quantitative estimate of drug-likeness (QED) is 0.428. The van der Waals surface area contributed by atoms with Crippen LogP contribution in [-0.4, -0.2) is 40.6 Å². The summed E-state index contributed by atoms with van der Waals surface area (Å²) in [6, 6.07) is 10.4. The number of hydrogen-bond acceptors (Lipinski definition) is 7. The van der Waals surface area contributed by atoms with E-state index < -0.39 is 11.8 Å². The van der Waals surface area contributed by atoms with Crippen LogP contribution in [0.15, 0.2) is 46.7 Å². The van der Waals surface area contributed by atoms with E-state index >= 15 is 0 Å². The normalized spacial score (nSPS) is 15.0. The van der Waals surface area contributed by atoms with Crippen LogP contribution in [0.5, 0.6) is 5.75 Å². The molecule has 0 unspecified atom stereocenters. The van der Waals surface area contributed by atoms with Crippen LogP contribution < -0.4 is 15.6 Å². The Balaban J connectivity index is 1.58. The molecule has 1 aliphatic rings. The Bertz CT molecular complexity index is 957. The zero-order chi connectivity index (χ0) is 20.1. The number of carbonyl (C=O) groups excluding carboxylic acids is 3. The van der Waals surface area contributed by atoms with Crippen LogP contribution in [0, 0.1) is 0 Å². The van der Waals surface area contributed by atoms with Crippen molar-refractivity contribution in [2.75, 3.05) is 13.7 Å². The van der Waals surface area contributed by atoms with E-state index in [-0.39, 0.29) is 18.0 Å². The van der Waals surface area contributed by atoms with E-state index in [2.05, 4.69) is 10.9 Å². The molecule has 7 nitrogen and oxygen atoms in total. The molecule has 0 bridgehead atoms. The van der Waals surface area contributed by atoms with Crippen molar-refractivity contribution >= 4 is 63.4 Å². The number of ether oxygens (including phenoxy) is 1. The first-order chi connectivity index (χ1) is 13.5. The Labute approximate surface area is 174 Å². The van der Waals surface area contributed by atoms with Gasteiger partial charge in [-0.05, 0) is 29.7 Å². The fraction of sp³-hybridized carbons (Fsp3) is 0.111. The number of nitrogens with one attached hydrogen (secondary N) is 2. The summed E-state index contributed by atoms with van der Waals surface area (Å²) < 4.78 is 5.40. The topological polar surface area (TPSA) is 87.7 Å². The molecule has 1 fully saturated rings. The molecule has 1 aromatic heterocycles. The molecular formula is C18H15N3O4S3. The van der Waals surface area contributed by atoms with Gasteiger partial charge in [-0.15, -0.1) is 11.3 Å². The van der Waals surface area contributed by atoms with Gasteiger partial charge in [-0.25, -0.2) is 0 Å².